The van der Waals surface area contributed by atoms with Gasteiger partial charge < -0.3 is 0 Å². The Morgan fingerprint density at radius 1 is 1.11 bits per heavy atom. The number of thioether (sulfide) groups is 1. The van der Waals surface area contributed by atoms with Gasteiger partial charge in [0.1, 0.15) is 0 Å². The molecule has 0 aliphatic rings. The van der Waals surface area contributed by atoms with E-state index in [9.17, 15) is 9.59 Å². The number of nitrogens with zero attached hydrogens (tertiary/aromatic N) is 2. The topological polar surface area (TPSA) is 52.0 Å². The Hall–Kier alpha value is -2.18. The number of rotatable bonds is 6. The minimum absolute atomic E-state index is 0.0367. The van der Waals surface area contributed by atoms with Gasteiger partial charge in [0.15, 0.2) is 10.8 Å². The molecule has 1 heterocycles. The third-order valence-corrected chi connectivity index (χ3v) is 5.64. The molecule has 0 radical (unpaired) electrons. The van der Waals surface area contributed by atoms with Crippen molar-refractivity contribution in [3.63, 3.8) is 0 Å². The van der Waals surface area contributed by atoms with Crippen molar-refractivity contribution in [2.24, 2.45) is 0 Å². The van der Waals surface area contributed by atoms with E-state index < -0.39 is 0 Å². The molecule has 0 unspecified atom stereocenters. The zero-order chi connectivity index (χ0) is 19.4. The number of aromatic nitrogens is 2. The fourth-order valence-electron chi connectivity index (χ4n) is 2.57. The van der Waals surface area contributed by atoms with Crippen LogP contribution in [0.15, 0.2) is 75.2 Å². The van der Waals surface area contributed by atoms with Crippen LogP contribution in [0.5, 0.6) is 0 Å². The third-order valence-electron chi connectivity index (χ3n) is 4.15. The maximum atomic E-state index is 12.7. The smallest absolute Gasteiger partial charge is 0.287 e. The van der Waals surface area contributed by atoms with E-state index in [0.717, 1.165) is 10.2 Å². The van der Waals surface area contributed by atoms with Crippen LogP contribution in [0.2, 0.25) is 0 Å². The molecule has 0 aliphatic carbocycles. The number of benzene rings is 2. The van der Waals surface area contributed by atoms with Crippen LogP contribution in [0.3, 0.4) is 0 Å². The van der Waals surface area contributed by atoms with Crippen molar-refractivity contribution < 1.29 is 4.79 Å². The van der Waals surface area contributed by atoms with Gasteiger partial charge in [-0.15, -0.1) is 0 Å². The summed E-state index contributed by atoms with van der Waals surface area (Å²) in [6.45, 7) is 4.26. The summed E-state index contributed by atoms with van der Waals surface area (Å²) in [5.41, 5.74) is 2.40. The van der Waals surface area contributed by atoms with Gasteiger partial charge in [0.05, 0.1) is 5.75 Å². The van der Waals surface area contributed by atoms with Gasteiger partial charge in [-0.25, -0.2) is 4.98 Å². The molecule has 0 bridgehead atoms. The van der Waals surface area contributed by atoms with Gasteiger partial charge in [-0.1, -0.05) is 65.8 Å². The minimum atomic E-state index is -0.219. The first kappa shape index (κ1) is 19.6. The van der Waals surface area contributed by atoms with Gasteiger partial charge in [0, 0.05) is 28.1 Å². The quantitative estimate of drug-likeness (QED) is 0.393. The van der Waals surface area contributed by atoms with Crippen LogP contribution in [0.4, 0.5) is 0 Å². The molecular weight excluding hydrogens is 424 g/mol. The summed E-state index contributed by atoms with van der Waals surface area (Å²) in [4.78, 5) is 29.2. The highest BCUT2D eigenvalue weighted by Crippen LogP contribution is 2.18. The van der Waals surface area contributed by atoms with Crippen LogP contribution < -0.4 is 5.56 Å². The number of carbonyl (C=O) groups is 1. The summed E-state index contributed by atoms with van der Waals surface area (Å²) in [7, 11) is 0. The molecule has 4 nitrogen and oxygen atoms in total. The highest BCUT2D eigenvalue weighted by molar-refractivity contribution is 9.10. The molecule has 3 aromatic rings. The third kappa shape index (κ3) is 4.76. The van der Waals surface area contributed by atoms with E-state index in [1.54, 1.807) is 29.1 Å². The van der Waals surface area contributed by atoms with Crippen LogP contribution in [0, 0.1) is 0 Å². The number of ketones is 1. The Kier molecular flexibility index (Phi) is 6.29. The van der Waals surface area contributed by atoms with Gasteiger partial charge >= 0.3 is 0 Å². The monoisotopic (exact) mass is 442 g/mol. The van der Waals surface area contributed by atoms with E-state index in [1.807, 2.05) is 36.4 Å². The van der Waals surface area contributed by atoms with E-state index in [-0.39, 0.29) is 17.1 Å². The summed E-state index contributed by atoms with van der Waals surface area (Å²) in [5, 5.41) is 0.316. The molecule has 2 aromatic carbocycles. The van der Waals surface area contributed by atoms with Crippen molar-refractivity contribution in [2.75, 3.05) is 5.75 Å². The summed E-state index contributed by atoms with van der Waals surface area (Å²) < 4.78 is 2.48. The molecular formula is C21H19BrN2O2S. The molecule has 3 rings (SSSR count). The van der Waals surface area contributed by atoms with Gasteiger partial charge in [0.2, 0.25) is 0 Å². The normalized spacial score (nSPS) is 11.0. The second-order valence-electron chi connectivity index (χ2n) is 6.37. The van der Waals surface area contributed by atoms with Crippen LogP contribution in [0.1, 0.15) is 35.7 Å². The lowest BCUT2D eigenvalue weighted by molar-refractivity contribution is 0.102. The molecule has 138 valence electrons. The number of hydrogen-bond acceptors (Lipinski definition) is 4. The molecule has 0 saturated carbocycles. The van der Waals surface area contributed by atoms with Gasteiger partial charge in [0.25, 0.3) is 5.56 Å². The van der Waals surface area contributed by atoms with E-state index in [0.29, 0.717) is 16.5 Å². The molecule has 6 heteroatoms. The zero-order valence-electron chi connectivity index (χ0n) is 15.1. The van der Waals surface area contributed by atoms with Crippen LogP contribution in [-0.2, 0) is 0 Å². The molecule has 27 heavy (non-hydrogen) atoms. The Balaban J connectivity index is 1.77. The van der Waals surface area contributed by atoms with E-state index in [1.165, 1.54) is 17.3 Å². The SMILES string of the molecule is CC(C)c1ccc(-n2ccnc(SCC(=O)c3ccc(Br)cc3)c2=O)cc1. The largest absolute Gasteiger partial charge is 0.293 e. The zero-order valence-corrected chi connectivity index (χ0v) is 17.5. The Morgan fingerprint density at radius 2 is 1.78 bits per heavy atom. The van der Waals surface area contributed by atoms with Crippen LogP contribution in [0.25, 0.3) is 5.69 Å². The molecule has 0 spiro atoms. The molecule has 0 atom stereocenters. The predicted molar refractivity (Wildman–Crippen MR) is 113 cm³/mol. The van der Waals surface area contributed by atoms with Crippen molar-refractivity contribution in [1.82, 2.24) is 9.55 Å². The van der Waals surface area contributed by atoms with Crippen molar-refractivity contribution in [3.8, 4) is 5.69 Å². The standard InChI is InChI=1S/C21H19BrN2O2S/c1-14(2)15-5-9-18(10-6-15)24-12-11-23-20(21(24)26)27-13-19(25)16-3-7-17(22)8-4-16/h3-12,14H,13H2,1-2H3. The van der Waals surface area contributed by atoms with Crippen molar-refractivity contribution in [2.45, 2.75) is 24.8 Å². The number of carbonyl (C=O) groups excluding carboxylic acids is 1. The summed E-state index contributed by atoms with van der Waals surface area (Å²) in [6.07, 6.45) is 3.23. The average molecular weight is 443 g/mol. The first-order valence-electron chi connectivity index (χ1n) is 8.55. The summed E-state index contributed by atoms with van der Waals surface area (Å²) in [5.74, 6) is 0.564. The first-order valence-corrected chi connectivity index (χ1v) is 10.3. The summed E-state index contributed by atoms with van der Waals surface area (Å²) >= 11 is 4.52. The number of Topliss-reactive ketones (excluding diaryl/α,β-unsaturated/α-hetero) is 1. The molecule has 0 aliphatic heterocycles. The fourth-order valence-corrected chi connectivity index (χ4v) is 3.62. The van der Waals surface area contributed by atoms with Crippen molar-refractivity contribution >= 4 is 33.5 Å². The highest BCUT2D eigenvalue weighted by atomic mass is 79.9. The van der Waals surface area contributed by atoms with Gasteiger partial charge in [-0.3, -0.25) is 14.2 Å². The fraction of sp³-hybridized carbons (Fsp3) is 0.190. The van der Waals surface area contributed by atoms with E-state index in [2.05, 4.69) is 34.8 Å². The molecule has 0 N–H and O–H groups in total. The van der Waals surface area contributed by atoms with Crippen molar-refractivity contribution in [1.29, 1.82) is 0 Å². The number of hydrogen-bond donors (Lipinski definition) is 0. The van der Waals surface area contributed by atoms with Gasteiger partial charge in [-0.2, -0.15) is 0 Å². The van der Waals surface area contributed by atoms with Crippen molar-refractivity contribution in [3.05, 3.63) is 86.9 Å². The maximum Gasteiger partial charge on any atom is 0.287 e. The number of halogens is 1. The summed E-state index contributed by atoms with van der Waals surface area (Å²) in [6, 6.07) is 15.1. The molecule has 1 aromatic heterocycles. The van der Waals surface area contributed by atoms with Gasteiger partial charge in [-0.05, 0) is 35.7 Å². The maximum absolute atomic E-state index is 12.7. The lowest BCUT2D eigenvalue weighted by atomic mass is 10.0. The molecule has 0 amide bonds. The van der Waals surface area contributed by atoms with E-state index in [4.69, 9.17) is 0 Å². The average Bonchev–Trinajstić information content (AvgIpc) is 2.67. The lowest BCUT2D eigenvalue weighted by Gasteiger charge is -2.10. The molecule has 0 fully saturated rings. The second kappa shape index (κ2) is 8.67. The van der Waals surface area contributed by atoms with Crippen LogP contribution in [-0.4, -0.2) is 21.1 Å². The molecule has 0 saturated heterocycles. The minimum Gasteiger partial charge on any atom is -0.293 e. The Bertz CT molecular complexity index is 996. The lowest BCUT2D eigenvalue weighted by Crippen LogP contribution is -2.21. The Labute approximate surface area is 170 Å². The highest BCUT2D eigenvalue weighted by Gasteiger charge is 2.12. The first-order chi connectivity index (χ1) is 13.0. The Morgan fingerprint density at radius 3 is 2.41 bits per heavy atom. The predicted octanol–water partition coefficient (Wildman–Crippen LogP) is 5.09. The van der Waals surface area contributed by atoms with E-state index >= 15 is 0 Å². The second-order valence-corrected chi connectivity index (χ2v) is 8.25. The van der Waals surface area contributed by atoms with Crippen LogP contribution >= 0.6 is 27.7 Å².